The minimum Gasteiger partial charge on any atom is -0.355 e. The van der Waals surface area contributed by atoms with Crippen molar-refractivity contribution < 1.29 is 4.21 Å². The summed E-state index contributed by atoms with van der Waals surface area (Å²) in [6, 6.07) is 9.93. The Morgan fingerprint density at radius 1 is 1.36 bits per heavy atom. The quantitative estimate of drug-likeness (QED) is 0.367. The minimum absolute atomic E-state index is 0. The number of aliphatic imine (C=N–C) groups is 1. The summed E-state index contributed by atoms with van der Waals surface area (Å²) in [5.74, 6) is 1.98. The molecule has 0 spiro atoms. The van der Waals surface area contributed by atoms with Gasteiger partial charge in [-0.25, -0.2) is 4.98 Å². The van der Waals surface area contributed by atoms with E-state index in [9.17, 15) is 4.21 Å². The number of nitrogens with one attached hydrogen (secondary N) is 1. The van der Waals surface area contributed by atoms with Gasteiger partial charge in [-0.3, -0.25) is 9.20 Å². The van der Waals surface area contributed by atoms with Crippen LogP contribution in [0, 0.1) is 6.92 Å². The fraction of sp³-hybridized carbons (Fsp3) is 0.412. The Kier molecular flexibility index (Phi) is 10.2. The van der Waals surface area contributed by atoms with E-state index in [-0.39, 0.29) is 24.0 Å². The van der Waals surface area contributed by atoms with Gasteiger partial charge in [-0.2, -0.15) is 0 Å². The van der Waals surface area contributed by atoms with Crippen LogP contribution in [0.2, 0.25) is 0 Å². The average Bonchev–Trinajstić information content (AvgIpc) is 2.97. The van der Waals surface area contributed by atoms with E-state index < -0.39 is 10.8 Å². The van der Waals surface area contributed by atoms with E-state index in [2.05, 4.69) is 20.7 Å². The monoisotopic (exact) mass is 492 g/mol. The van der Waals surface area contributed by atoms with Crippen LogP contribution in [0.5, 0.6) is 0 Å². The molecule has 1 N–H and O–H groups in total. The first-order valence-corrected chi connectivity index (χ1v) is 10.2. The normalized spacial score (nSPS) is 12.4. The Hall–Kier alpha value is -1.00. The number of hydrogen-bond donors (Lipinski definition) is 1. The van der Waals surface area contributed by atoms with Gasteiger partial charge in [0, 0.05) is 48.3 Å². The second kappa shape index (κ2) is 11.6. The van der Waals surface area contributed by atoms with Crippen molar-refractivity contribution in [2.24, 2.45) is 4.99 Å². The van der Waals surface area contributed by atoms with E-state index in [0.29, 0.717) is 24.6 Å². The molecule has 0 saturated heterocycles. The van der Waals surface area contributed by atoms with Crippen LogP contribution < -0.4 is 5.32 Å². The Bertz CT molecular complexity index is 691. The summed E-state index contributed by atoms with van der Waals surface area (Å²) in [5.41, 5.74) is 2.15. The van der Waals surface area contributed by atoms with Crippen LogP contribution >= 0.6 is 35.3 Å². The van der Waals surface area contributed by atoms with Crippen molar-refractivity contribution in [3.05, 3.63) is 52.0 Å². The summed E-state index contributed by atoms with van der Waals surface area (Å²) in [6.45, 7) is 3.34. The standard InChI is InChI=1S/C17H24N4OS2.HI/c1-14-20-16(12-23-14)11-21(3)17(18-2)19-9-10-24(22)13-15-7-5-4-6-8-15;/h4-8,12H,9-11,13H2,1-3H3,(H,18,19);1H. The van der Waals surface area contributed by atoms with Crippen molar-refractivity contribution >= 4 is 52.1 Å². The first-order chi connectivity index (χ1) is 11.6. The lowest BCUT2D eigenvalue weighted by Crippen LogP contribution is -2.40. The molecule has 1 heterocycles. The maximum absolute atomic E-state index is 12.2. The maximum Gasteiger partial charge on any atom is 0.193 e. The van der Waals surface area contributed by atoms with Crippen LogP contribution in [0.15, 0.2) is 40.7 Å². The van der Waals surface area contributed by atoms with Gasteiger partial charge in [-0.05, 0) is 12.5 Å². The van der Waals surface area contributed by atoms with Crippen LogP contribution in [-0.4, -0.2) is 46.4 Å². The lowest BCUT2D eigenvalue weighted by Gasteiger charge is -2.21. The lowest BCUT2D eigenvalue weighted by molar-refractivity contribution is 0.473. The van der Waals surface area contributed by atoms with Crippen LogP contribution in [0.4, 0.5) is 0 Å². The predicted molar refractivity (Wildman–Crippen MR) is 118 cm³/mol. The predicted octanol–water partition coefficient (Wildman–Crippen LogP) is 3.03. The molecule has 0 aliphatic rings. The number of aromatic nitrogens is 1. The number of guanidine groups is 1. The molecule has 1 atom stereocenters. The zero-order valence-electron chi connectivity index (χ0n) is 14.8. The maximum atomic E-state index is 12.2. The Morgan fingerprint density at radius 2 is 2.08 bits per heavy atom. The van der Waals surface area contributed by atoms with E-state index in [0.717, 1.165) is 22.2 Å². The van der Waals surface area contributed by atoms with Crippen molar-refractivity contribution in [2.75, 3.05) is 26.4 Å². The van der Waals surface area contributed by atoms with Crippen LogP contribution in [0.3, 0.4) is 0 Å². The smallest absolute Gasteiger partial charge is 0.193 e. The largest absolute Gasteiger partial charge is 0.355 e. The zero-order valence-corrected chi connectivity index (χ0v) is 18.7. The highest BCUT2D eigenvalue weighted by Crippen LogP contribution is 2.09. The molecule has 8 heteroatoms. The molecule has 2 aromatic rings. The number of nitrogens with zero attached hydrogens (tertiary/aromatic N) is 3. The SMILES string of the molecule is CN=C(NCCS(=O)Cc1ccccc1)N(C)Cc1csc(C)n1.I. The average molecular weight is 492 g/mol. The topological polar surface area (TPSA) is 57.6 Å². The van der Waals surface area contributed by atoms with E-state index >= 15 is 0 Å². The number of hydrogen-bond acceptors (Lipinski definition) is 4. The Labute approximate surface area is 173 Å². The van der Waals surface area contributed by atoms with Gasteiger partial charge < -0.3 is 10.2 Å². The summed E-state index contributed by atoms with van der Waals surface area (Å²) >= 11 is 1.65. The first kappa shape index (κ1) is 22.0. The van der Waals surface area contributed by atoms with Crippen molar-refractivity contribution in [1.29, 1.82) is 0 Å². The fourth-order valence-electron chi connectivity index (χ4n) is 2.29. The number of thiazole rings is 1. The first-order valence-electron chi connectivity index (χ1n) is 7.80. The molecule has 0 bridgehead atoms. The molecular weight excluding hydrogens is 467 g/mol. The molecule has 0 saturated carbocycles. The summed E-state index contributed by atoms with van der Waals surface area (Å²) in [7, 11) is 2.85. The van der Waals surface area contributed by atoms with Gasteiger partial charge in [0.2, 0.25) is 0 Å². The van der Waals surface area contributed by atoms with Gasteiger partial charge in [0.15, 0.2) is 5.96 Å². The Balaban J connectivity index is 0.00000312. The lowest BCUT2D eigenvalue weighted by atomic mass is 10.2. The second-order valence-corrected chi connectivity index (χ2v) is 8.10. The summed E-state index contributed by atoms with van der Waals surface area (Å²) < 4.78 is 12.2. The summed E-state index contributed by atoms with van der Waals surface area (Å²) in [5, 5.41) is 6.40. The third kappa shape index (κ3) is 7.83. The molecule has 1 aromatic heterocycles. The fourth-order valence-corrected chi connectivity index (χ4v) is 3.93. The van der Waals surface area contributed by atoms with Gasteiger partial charge in [-0.15, -0.1) is 35.3 Å². The van der Waals surface area contributed by atoms with Gasteiger partial charge in [0.05, 0.1) is 17.2 Å². The van der Waals surface area contributed by atoms with E-state index in [1.165, 1.54) is 0 Å². The second-order valence-electron chi connectivity index (χ2n) is 5.46. The van der Waals surface area contributed by atoms with Crippen molar-refractivity contribution in [3.63, 3.8) is 0 Å². The molecule has 1 unspecified atom stereocenters. The third-order valence-corrected chi connectivity index (χ3v) is 5.56. The highest BCUT2D eigenvalue weighted by molar-refractivity contribution is 14.0. The molecule has 25 heavy (non-hydrogen) atoms. The third-order valence-electron chi connectivity index (χ3n) is 3.42. The molecule has 0 aliphatic heterocycles. The van der Waals surface area contributed by atoms with Crippen molar-refractivity contribution in [2.45, 2.75) is 19.2 Å². The molecule has 0 amide bonds. The van der Waals surface area contributed by atoms with Gasteiger partial charge in [-0.1, -0.05) is 30.3 Å². The molecule has 0 radical (unpaired) electrons. The molecule has 138 valence electrons. The minimum atomic E-state index is -0.884. The summed E-state index contributed by atoms with van der Waals surface area (Å²) in [4.78, 5) is 10.8. The zero-order chi connectivity index (χ0) is 17.4. The van der Waals surface area contributed by atoms with E-state index in [4.69, 9.17) is 0 Å². The molecule has 2 rings (SSSR count). The van der Waals surface area contributed by atoms with Gasteiger partial charge in [0.1, 0.15) is 0 Å². The highest BCUT2D eigenvalue weighted by atomic mass is 127. The van der Waals surface area contributed by atoms with Gasteiger partial charge in [0.25, 0.3) is 0 Å². The molecular formula is C17H25IN4OS2. The van der Waals surface area contributed by atoms with Crippen molar-refractivity contribution in [3.8, 4) is 0 Å². The van der Waals surface area contributed by atoms with Crippen molar-refractivity contribution in [1.82, 2.24) is 15.2 Å². The highest BCUT2D eigenvalue weighted by Gasteiger charge is 2.09. The Morgan fingerprint density at radius 3 is 2.68 bits per heavy atom. The van der Waals surface area contributed by atoms with E-state index in [1.54, 1.807) is 18.4 Å². The van der Waals surface area contributed by atoms with Crippen LogP contribution in [0.1, 0.15) is 16.3 Å². The number of benzene rings is 1. The van der Waals surface area contributed by atoms with E-state index in [1.807, 2.05) is 49.2 Å². The number of rotatable bonds is 7. The molecule has 0 aliphatic carbocycles. The van der Waals surface area contributed by atoms with Crippen LogP contribution in [0.25, 0.3) is 0 Å². The number of halogens is 1. The number of aryl methyl sites for hydroxylation is 1. The van der Waals surface area contributed by atoms with Gasteiger partial charge >= 0.3 is 0 Å². The molecule has 0 fully saturated rings. The van der Waals surface area contributed by atoms with Crippen LogP contribution in [-0.2, 0) is 23.1 Å². The molecule has 5 nitrogen and oxygen atoms in total. The summed E-state index contributed by atoms with van der Waals surface area (Å²) in [6.07, 6.45) is 0. The molecule has 1 aromatic carbocycles.